The maximum Gasteiger partial charge on any atom is 0.0717 e. The van der Waals surface area contributed by atoms with E-state index in [4.69, 9.17) is 0 Å². The molecule has 0 saturated heterocycles. The van der Waals surface area contributed by atoms with Crippen molar-refractivity contribution in [1.29, 1.82) is 0 Å². The summed E-state index contributed by atoms with van der Waals surface area (Å²) in [5.74, 6) is 0.536. The Morgan fingerprint density at radius 2 is 1.45 bits per heavy atom. The molecular weight excluding hydrogens is 398 g/mol. The zero-order valence-corrected chi connectivity index (χ0v) is 18.5. The third-order valence-corrected chi connectivity index (χ3v) is 8.16. The number of fused-ring (bicyclic) bond motifs is 11. The van der Waals surface area contributed by atoms with Gasteiger partial charge in [0.1, 0.15) is 0 Å². The van der Waals surface area contributed by atoms with E-state index in [-0.39, 0.29) is 5.41 Å². The van der Waals surface area contributed by atoms with Crippen molar-refractivity contribution >= 4 is 27.4 Å². The topological polar surface area (TPSA) is 4.93 Å². The summed E-state index contributed by atoms with van der Waals surface area (Å²) in [5, 5.41) is 2.68. The highest BCUT2D eigenvalue weighted by Crippen LogP contribution is 2.61. The van der Waals surface area contributed by atoms with Gasteiger partial charge in [-0.05, 0) is 57.9 Å². The van der Waals surface area contributed by atoms with Crippen molar-refractivity contribution in [3.05, 3.63) is 131 Å². The smallest absolute Gasteiger partial charge is 0.0717 e. The second-order valence-electron chi connectivity index (χ2n) is 9.80. The molecule has 1 heteroatoms. The van der Waals surface area contributed by atoms with E-state index in [9.17, 15) is 0 Å². The van der Waals surface area contributed by atoms with Crippen molar-refractivity contribution in [3.8, 4) is 5.69 Å². The molecule has 1 aromatic heterocycles. The highest BCUT2D eigenvalue weighted by molar-refractivity contribution is 6.12. The summed E-state index contributed by atoms with van der Waals surface area (Å²) in [7, 11) is 0. The predicted octanol–water partition coefficient (Wildman–Crippen LogP) is 7.79. The number of benzene rings is 4. The van der Waals surface area contributed by atoms with Crippen molar-refractivity contribution < 1.29 is 0 Å². The molecule has 33 heavy (non-hydrogen) atoms. The number of hydrogen-bond donors (Lipinski definition) is 0. The fourth-order valence-corrected chi connectivity index (χ4v) is 6.99. The Balaban J connectivity index is 1.66. The van der Waals surface area contributed by atoms with E-state index >= 15 is 0 Å². The Kier molecular flexibility index (Phi) is 3.18. The third kappa shape index (κ3) is 1.92. The lowest BCUT2D eigenvalue weighted by molar-refractivity contribution is 0.617. The number of aromatic nitrogens is 1. The lowest BCUT2D eigenvalue weighted by atomic mass is 9.63. The monoisotopic (exact) mass is 421 g/mol. The van der Waals surface area contributed by atoms with Gasteiger partial charge in [-0.15, -0.1) is 0 Å². The summed E-state index contributed by atoms with van der Waals surface area (Å²) in [6, 6.07) is 34.1. The Labute approximate surface area is 193 Å². The summed E-state index contributed by atoms with van der Waals surface area (Å²) < 4.78 is 2.52. The molecule has 3 aliphatic rings. The minimum Gasteiger partial charge on any atom is -0.309 e. The standard InChI is InChI=1S/C32H23N/c1-20-17-18-22-21-9-2-4-12-25(21)32(28(22)19-20)26-13-5-7-16-30(26)33-29-15-6-3-10-23(29)24-11-8-14-27(32)31(24)33/h2-18,20H,19H2,1H3. The Bertz CT molecular complexity index is 1710. The molecule has 0 saturated carbocycles. The van der Waals surface area contributed by atoms with Crippen molar-refractivity contribution in [2.75, 3.05) is 0 Å². The van der Waals surface area contributed by atoms with Crippen LogP contribution in [-0.2, 0) is 5.41 Å². The summed E-state index contributed by atoms with van der Waals surface area (Å²) >= 11 is 0. The molecule has 1 spiro atoms. The average molecular weight is 422 g/mol. The summed E-state index contributed by atoms with van der Waals surface area (Å²) in [6.45, 7) is 2.35. The zero-order valence-electron chi connectivity index (χ0n) is 18.5. The molecule has 0 radical (unpaired) electrons. The molecule has 0 N–H and O–H groups in total. The molecule has 156 valence electrons. The minimum absolute atomic E-state index is 0.245. The summed E-state index contributed by atoms with van der Waals surface area (Å²) in [4.78, 5) is 0. The number of para-hydroxylation sites is 3. The van der Waals surface area contributed by atoms with E-state index in [1.54, 1.807) is 5.57 Å². The van der Waals surface area contributed by atoms with E-state index in [2.05, 4.69) is 115 Å². The van der Waals surface area contributed by atoms with Crippen LogP contribution in [0.3, 0.4) is 0 Å². The van der Waals surface area contributed by atoms with Crippen LogP contribution in [0.2, 0.25) is 0 Å². The van der Waals surface area contributed by atoms with Gasteiger partial charge < -0.3 is 4.57 Å². The van der Waals surface area contributed by atoms with Gasteiger partial charge in [-0.3, -0.25) is 0 Å². The van der Waals surface area contributed by atoms with Crippen LogP contribution in [0.4, 0.5) is 0 Å². The molecule has 2 atom stereocenters. The Hall–Kier alpha value is -3.84. The van der Waals surface area contributed by atoms with Crippen molar-refractivity contribution in [2.24, 2.45) is 5.92 Å². The van der Waals surface area contributed by atoms with Gasteiger partial charge in [-0.2, -0.15) is 0 Å². The van der Waals surface area contributed by atoms with Gasteiger partial charge in [0.05, 0.1) is 22.1 Å². The summed E-state index contributed by atoms with van der Waals surface area (Å²) in [6.07, 6.45) is 5.87. The fourth-order valence-electron chi connectivity index (χ4n) is 6.99. The fraction of sp³-hybridized carbons (Fsp3) is 0.125. The first kappa shape index (κ1) is 17.7. The second-order valence-corrected chi connectivity index (χ2v) is 9.80. The molecular formula is C32H23N. The van der Waals surface area contributed by atoms with Gasteiger partial charge in [-0.1, -0.05) is 97.9 Å². The molecule has 0 bridgehead atoms. The number of nitrogens with zero attached hydrogens (tertiary/aromatic N) is 1. The third-order valence-electron chi connectivity index (χ3n) is 8.16. The molecule has 0 amide bonds. The van der Waals surface area contributed by atoms with E-state index in [1.165, 1.54) is 55.3 Å². The van der Waals surface area contributed by atoms with Crippen LogP contribution in [0.1, 0.15) is 35.6 Å². The number of allylic oxidation sites excluding steroid dienone is 4. The normalized spacial score (nSPS) is 22.2. The largest absolute Gasteiger partial charge is 0.309 e. The quantitative estimate of drug-likeness (QED) is 0.240. The Morgan fingerprint density at radius 1 is 0.727 bits per heavy atom. The number of hydrogen-bond acceptors (Lipinski definition) is 0. The minimum atomic E-state index is -0.245. The van der Waals surface area contributed by atoms with E-state index in [1.807, 2.05) is 0 Å². The molecule has 2 heterocycles. The molecule has 8 rings (SSSR count). The maximum absolute atomic E-state index is 2.52. The molecule has 1 aliphatic heterocycles. The maximum atomic E-state index is 2.52. The predicted molar refractivity (Wildman–Crippen MR) is 137 cm³/mol. The van der Waals surface area contributed by atoms with Crippen LogP contribution in [-0.4, -0.2) is 4.57 Å². The molecule has 1 nitrogen and oxygen atoms in total. The first-order valence-corrected chi connectivity index (χ1v) is 11.9. The summed E-state index contributed by atoms with van der Waals surface area (Å²) in [5.41, 5.74) is 12.4. The lowest BCUT2D eigenvalue weighted by Gasteiger charge is -2.42. The molecule has 5 aromatic rings. The second kappa shape index (κ2) is 5.94. The van der Waals surface area contributed by atoms with Gasteiger partial charge in [0, 0.05) is 10.8 Å². The first-order chi connectivity index (χ1) is 16.3. The SMILES string of the molecule is CC1C=CC2=C(C1)C1(c3ccccc32)c2ccccc2-n2c3ccccc3c3cccc1c32. The highest BCUT2D eigenvalue weighted by atomic mass is 15.0. The van der Waals surface area contributed by atoms with Crippen LogP contribution in [0.15, 0.2) is 109 Å². The van der Waals surface area contributed by atoms with Crippen LogP contribution in [0, 0.1) is 5.92 Å². The van der Waals surface area contributed by atoms with Gasteiger partial charge in [0.2, 0.25) is 0 Å². The molecule has 2 unspecified atom stereocenters. The van der Waals surface area contributed by atoms with E-state index < -0.39 is 0 Å². The van der Waals surface area contributed by atoms with Crippen molar-refractivity contribution in [1.82, 2.24) is 4.57 Å². The first-order valence-electron chi connectivity index (χ1n) is 11.9. The van der Waals surface area contributed by atoms with Crippen LogP contribution in [0.25, 0.3) is 33.1 Å². The zero-order chi connectivity index (χ0) is 21.7. The van der Waals surface area contributed by atoms with Gasteiger partial charge in [-0.25, -0.2) is 0 Å². The van der Waals surface area contributed by atoms with E-state index in [0.29, 0.717) is 5.92 Å². The highest BCUT2D eigenvalue weighted by Gasteiger charge is 2.51. The number of rotatable bonds is 0. The molecule has 4 aromatic carbocycles. The van der Waals surface area contributed by atoms with Crippen molar-refractivity contribution in [3.63, 3.8) is 0 Å². The van der Waals surface area contributed by atoms with Crippen molar-refractivity contribution in [2.45, 2.75) is 18.8 Å². The lowest BCUT2D eigenvalue weighted by Crippen LogP contribution is -2.35. The van der Waals surface area contributed by atoms with Gasteiger partial charge in [0.25, 0.3) is 0 Å². The van der Waals surface area contributed by atoms with Crippen LogP contribution >= 0.6 is 0 Å². The molecule has 2 aliphatic carbocycles. The van der Waals surface area contributed by atoms with Crippen LogP contribution in [0.5, 0.6) is 0 Å². The Morgan fingerprint density at radius 3 is 2.39 bits per heavy atom. The van der Waals surface area contributed by atoms with Gasteiger partial charge >= 0.3 is 0 Å². The van der Waals surface area contributed by atoms with Crippen LogP contribution < -0.4 is 0 Å². The van der Waals surface area contributed by atoms with E-state index in [0.717, 1.165) is 6.42 Å². The van der Waals surface area contributed by atoms with Gasteiger partial charge in [0.15, 0.2) is 0 Å². The molecule has 0 fully saturated rings. The average Bonchev–Trinajstić information content (AvgIpc) is 3.35.